The Morgan fingerprint density at radius 2 is 1.78 bits per heavy atom. The van der Waals surface area contributed by atoms with Crippen LogP contribution in [0.5, 0.6) is 0 Å². The molecule has 1 aliphatic heterocycles. The molecule has 0 spiro atoms. The maximum absolute atomic E-state index is 4.17. The molecule has 3 aromatic rings. The van der Waals surface area contributed by atoms with Gasteiger partial charge in [0, 0.05) is 23.6 Å². The van der Waals surface area contributed by atoms with Gasteiger partial charge < -0.3 is 5.32 Å². The zero-order chi connectivity index (χ0) is 15.2. The fourth-order valence-corrected chi connectivity index (χ4v) is 4.17. The predicted octanol–water partition coefficient (Wildman–Crippen LogP) is 5.34. The molecular weight excluding hydrogens is 280 g/mol. The van der Waals surface area contributed by atoms with Crippen LogP contribution >= 0.6 is 0 Å². The van der Waals surface area contributed by atoms with Crippen molar-refractivity contribution in [2.75, 3.05) is 5.32 Å². The summed E-state index contributed by atoms with van der Waals surface area (Å²) in [5, 5.41) is 6.49. The number of allylic oxidation sites excluding steroid dienone is 1. The van der Waals surface area contributed by atoms with Crippen LogP contribution in [0.4, 0.5) is 5.69 Å². The number of pyridine rings is 1. The molecule has 1 unspecified atom stereocenters. The lowest BCUT2D eigenvalue weighted by molar-refractivity contribution is 0.820. The fraction of sp³-hybridized carbons (Fsp3) is 0.190. The third-order valence-electron chi connectivity index (χ3n) is 5.18. The minimum absolute atomic E-state index is 0.296. The van der Waals surface area contributed by atoms with Gasteiger partial charge in [-0.2, -0.15) is 0 Å². The van der Waals surface area contributed by atoms with Crippen molar-refractivity contribution in [1.82, 2.24) is 4.98 Å². The molecule has 0 bridgehead atoms. The Labute approximate surface area is 135 Å². The van der Waals surface area contributed by atoms with Crippen LogP contribution in [0.15, 0.2) is 66.5 Å². The number of fused-ring (bicyclic) bond motifs is 4. The normalized spacial score (nSPS) is 19.4. The summed E-state index contributed by atoms with van der Waals surface area (Å²) >= 11 is 0. The number of nitrogens with zero attached hydrogens (tertiary/aromatic N) is 1. The second-order valence-corrected chi connectivity index (χ2v) is 6.42. The minimum atomic E-state index is 0.296. The summed E-state index contributed by atoms with van der Waals surface area (Å²) in [6.07, 6.45) is 7.43. The van der Waals surface area contributed by atoms with Crippen LogP contribution < -0.4 is 5.32 Å². The van der Waals surface area contributed by atoms with Crippen LogP contribution in [0.3, 0.4) is 0 Å². The summed E-state index contributed by atoms with van der Waals surface area (Å²) in [6, 6.07) is 17.8. The van der Waals surface area contributed by atoms with E-state index in [1.165, 1.54) is 46.8 Å². The van der Waals surface area contributed by atoms with Gasteiger partial charge in [-0.3, -0.25) is 4.98 Å². The molecule has 23 heavy (non-hydrogen) atoms. The second kappa shape index (κ2) is 4.95. The van der Waals surface area contributed by atoms with Crippen LogP contribution in [-0.2, 0) is 0 Å². The summed E-state index contributed by atoms with van der Waals surface area (Å²) < 4.78 is 0. The number of hydrogen-bond acceptors (Lipinski definition) is 2. The van der Waals surface area contributed by atoms with Crippen molar-refractivity contribution in [1.29, 1.82) is 0 Å². The quantitative estimate of drug-likeness (QED) is 0.656. The van der Waals surface area contributed by atoms with E-state index < -0.39 is 0 Å². The largest absolute Gasteiger partial charge is 0.374 e. The maximum atomic E-state index is 4.17. The molecule has 112 valence electrons. The van der Waals surface area contributed by atoms with E-state index in [4.69, 9.17) is 0 Å². The average Bonchev–Trinajstić information content (AvgIpc) is 3.11. The fourth-order valence-electron chi connectivity index (χ4n) is 4.17. The Hall–Kier alpha value is -2.61. The molecule has 0 amide bonds. The summed E-state index contributed by atoms with van der Waals surface area (Å²) in [6.45, 7) is 0. The molecule has 0 radical (unpaired) electrons. The van der Waals surface area contributed by atoms with E-state index in [-0.39, 0.29) is 0 Å². The van der Waals surface area contributed by atoms with Crippen molar-refractivity contribution in [2.24, 2.45) is 0 Å². The van der Waals surface area contributed by atoms with Crippen molar-refractivity contribution in [3.63, 3.8) is 0 Å². The van der Waals surface area contributed by atoms with Gasteiger partial charge in [0.25, 0.3) is 0 Å². The lowest BCUT2D eigenvalue weighted by Crippen LogP contribution is -2.18. The Bertz CT molecular complexity index is 925. The van der Waals surface area contributed by atoms with E-state index >= 15 is 0 Å². The molecule has 1 N–H and O–H groups in total. The van der Waals surface area contributed by atoms with Gasteiger partial charge >= 0.3 is 0 Å². The molecule has 2 nitrogen and oxygen atoms in total. The summed E-state index contributed by atoms with van der Waals surface area (Å²) in [7, 11) is 0. The lowest BCUT2D eigenvalue weighted by Gasteiger charge is -2.30. The summed E-state index contributed by atoms with van der Waals surface area (Å²) in [4.78, 5) is 4.17. The number of benzene rings is 2. The van der Waals surface area contributed by atoms with Crippen molar-refractivity contribution >= 4 is 22.0 Å². The van der Waals surface area contributed by atoms with E-state index in [1.807, 2.05) is 12.4 Å². The second-order valence-electron chi connectivity index (χ2n) is 6.42. The number of rotatable bonds is 1. The van der Waals surface area contributed by atoms with Crippen LogP contribution in [0, 0.1) is 0 Å². The Balaban J connectivity index is 1.76. The highest BCUT2D eigenvalue weighted by Gasteiger charge is 2.31. The van der Waals surface area contributed by atoms with Gasteiger partial charge in [-0.25, -0.2) is 0 Å². The number of aromatic nitrogens is 1. The van der Waals surface area contributed by atoms with Crippen LogP contribution in [0.25, 0.3) is 16.3 Å². The van der Waals surface area contributed by atoms with Gasteiger partial charge in [0.15, 0.2) is 0 Å². The van der Waals surface area contributed by atoms with Crippen molar-refractivity contribution in [3.05, 3.63) is 77.6 Å². The Morgan fingerprint density at radius 3 is 2.70 bits per heavy atom. The smallest absolute Gasteiger partial charge is 0.0734 e. The number of anilines is 1. The molecule has 2 heteroatoms. The van der Waals surface area contributed by atoms with Gasteiger partial charge in [0.2, 0.25) is 0 Å². The molecule has 0 fully saturated rings. The van der Waals surface area contributed by atoms with E-state index in [0.717, 1.165) is 0 Å². The van der Waals surface area contributed by atoms with E-state index in [0.29, 0.717) is 6.04 Å². The van der Waals surface area contributed by atoms with Crippen LogP contribution in [0.2, 0.25) is 0 Å². The molecular formula is C21H18N2. The SMILES string of the molecule is c1ccc2c3c(ccc2c1)NC(c1ccncc1)C1=C3CCC1. The van der Waals surface area contributed by atoms with E-state index in [9.17, 15) is 0 Å². The van der Waals surface area contributed by atoms with Crippen molar-refractivity contribution in [2.45, 2.75) is 25.3 Å². The van der Waals surface area contributed by atoms with Crippen molar-refractivity contribution in [3.8, 4) is 0 Å². The Morgan fingerprint density at radius 1 is 0.913 bits per heavy atom. The minimum Gasteiger partial charge on any atom is -0.374 e. The molecule has 1 atom stereocenters. The zero-order valence-electron chi connectivity index (χ0n) is 12.9. The maximum Gasteiger partial charge on any atom is 0.0734 e. The molecule has 1 aromatic heterocycles. The Kier molecular flexibility index (Phi) is 2.77. The highest BCUT2D eigenvalue weighted by molar-refractivity contribution is 6.01. The molecule has 0 saturated heterocycles. The van der Waals surface area contributed by atoms with Gasteiger partial charge in [0.05, 0.1) is 6.04 Å². The topological polar surface area (TPSA) is 24.9 Å². The van der Waals surface area contributed by atoms with Crippen LogP contribution in [0.1, 0.15) is 36.4 Å². The lowest BCUT2D eigenvalue weighted by atomic mass is 9.86. The zero-order valence-corrected chi connectivity index (χ0v) is 12.9. The third kappa shape index (κ3) is 1.91. The molecule has 0 saturated carbocycles. The van der Waals surface area contributed by atoms with Gasteiger partial charge in [-0.05, 0) is 64.9 Å². The standard InChI is InChI=1S/C21H18N2/c1-2-5-16-14(4-1)8-9-19-20(16)17-6-3-7-18(17)21(23-19)15-10-12-22-13-11-15/h1-2,4-5,8-13,21,23H,3,6-7H2. The highest BCUT2D eigenvalue weighted by atomic mass is 14.9. The first-order chi connectivity index (χ1) is 11.4. The van der Waals surface area contributed by atoms with Gasteiger partial charge in [0.1, 0.15) is 0 Å². The average molecular weight is 298 g/mol. The first kappa shape index (κ1) is 12.9. The number of hydrogen-bond donors (Lipinski definition) is 1. The highest BCUT2D eigenvalue weighted by Crippen LogP contribution is 2.49. The third-order valence-corrected chi connectivity index (χ3v) is 5.18. The first-order valence-corrected chi connectivity index (χ1v) is 8.32. The molecule has 2 heterocycles. The van der Waals surface area contributed by atoms with Gasteiger partial charge in [-0.1, -0.05) is 30.3 Å². The molecule has 2 aliphatic rings. The predicted molar refractivity (Wildman–Crippen MR) is 95.3 cm³/mol. The molecule has 1 aliphatic carbocycles. The van der Waals surface area contributed by atoms with Crippen LogP contribution in [-0.4, -0.2) is 4.98 Å². The van der Waals surface area contributed by atoms with E-state index in [2.05, 4.69) is 58.8 Å². The molecule has 2 aromatic carbocycles. The van der Waals surface area contributed by atoms with Gasteiger partial charge in [-0.15, -0.1) is 0 Å². The molecule has 5 rings (SSSR count). The summed E-state index contributed by atoms with van der Waals surface area (Å²) in [5.41, 5.74) is 7.15. The summed E-state index contributed by atoms with van der Waals surface area (Å²) in [5.74, 6) is 0. The monoisotopic (exact) mass is 298 g/mol. The van der Waals surface area contributed by atoms with E-state index in [1.54, 1.807) is 11.1 Å². The number of nitrogens with one attached hydrogen (secondary N) is 1. The first-order valence-electron chi connectivity index (χ1n) is 8.32. The van der Waals surface area contributed by atoms with Crippen molar-refractivity contribution < 1.29 is 0 Å².